The largest absolute Gasteiger partial charge is 0.497 e. The van der Waals surface area contributed by atoms with E-state index in [0.29, 0.717) is 11.9 Å². The summed E-state index contributed by atoms with van der Waals surface area (Å²) < 4.78 is 7.43. The van der Waals surface area contributed by atoms with Gasteiger partial charge in [0, 0.05) is 12.6 Å². The number of thioether (sulfide) groups is 1. The Morgan fingerprint density at radius 2 is 2.21 bits per heavy atom. The SMILES string of the molecule is COc1ccc2nc(N)n(CC3CCSCC3)c2c1. The third kappa shape index (κ3) is 2.52. The maximum Gasteiger partial charge on any atom is 0.201 e. The molecule has 0 atom stereocenters. The lowest BCUT2D eigenvalue weighted by Crippen LogP contribution is -2.17. The molecule has 2 N–H and O–H groups in total. The van der Waals surface area contributed by atoms with Gasteiger partial charge in [0.15, 0.2) is 0 Å². The van der Waals surface area contributed by atoms with Crippen molar-refractivity contribution in [1.82, 2.24) is 9.55 Å². The molecule has 0 aliphatic carbocycles. The summed E-state index contributed by atoms with van der Waals surface area (Å²) in [7, 11) is 1.68. The number of nitrogens with zero attached hydrogens (tertiary/aromatic N) is 2. The van der Waals surface area contributed by atoms with Crippen molar-refractivity contribution in [2.75, 3.05) is 24.3 Å². The molecule has 0 unspecified atom stereocenters. The standard InChI is InChI=1S/C14H19N3OS/c1-18-11-2-3-12-13(8-11)17(14(15)16-12)9-10-4-6-19-7-5-10/h2-3,8,10H,4-7,9H2,1H3,(H2,15,16). The summed E-state index contributed by atoms with van der Waals surface area (Å²) in [6.45, 7) is 0.968. The molecule has 3 rings (SSSR count). The highest BCUT2D eigenvalue weighted by molar-refractivity contribution is 7.99. The molecule has 0 radical (unpaired) electrons. The fourth-order valence-corrected chi connectivity index (χ4v) is 3.83. The van der Waals surface area contributed by atoms with Crippen LogP contribution < -0.4 is 10.5 Å². The Hall–Kier alpha value is -1.36. The molecule has 0 amide bonds. The summed E-state index contributed by atoms with van der Waals surface area (Å²) in [6, 6.07) is 5.92. The Labute approximate surface area is 117 Å². The molecular weight excluding hydrogens is 258 g/mol. The van der Waals surface area contributed by atoms with E-state index in [1.54, 1.807) is 7.11 Å². The molecule has 1 aromatic carbocycles. The second kappa shape index (κ2) is 5.33. The van der Waals surface area contributed by atoms with Crippen LogP contribution in [-0.4, -0.2) is 28.2 Å². The molecule has 1 aromatic heterocycles. The molecule has 102 valence electrons. The highest BCUT2D eigenvalue weighted by Crippen LogP contribution is 2.28. The van der Waals surface area contributed by atoms with Crippen LogP contribution >= 0.6 is 11.8 Å². The molecule has 19 heavy (non-hydrogen) atoms. The van der Waals surface area contributed by atoms with Crippen molar-refractivity contribution in [2.45, 2.75) is 19.4 Å². The average molecular weight is 277 g/mol. The van der Waals surface area contributed by atoms with Crippen molar-refractivity contribution in [3.63, 3.8) is 0 Å². The van der Waals surface area contributed by atoms with Crippen LogP contribution in [0.1, 0.15) is 12.8 Å². The number of methoxy groups -OCH3 is 1. The average Bonchev–Trinajstić information content (AvgIpc) is 2.76. The van der Waals surface area contributed by atoms with Gasteiger partial charge in [0.25, 0.3) is 0 Å². The fraction of sp³-hybridized carbons (Fsp3) is 0.500. The number of hydrogen-bond donors (Lipinski definition) is 1. The first-order valence-electron chi connectivity index (χ1n) is 6.65. The lowest BCUT2D eigenvalue weighted by atomic mass is 10.0. The Kier molecular flexibility index (Phi) is 3.55. The molecule has 2 aromatic rings. The van der Waals surface area contributed by atoms with E-state index in [9.17, 15) is 0 Å². The summed E-state index contributed by atoms with van der Waals surface area (Å²) in [5.74, 6) is 4.71. The highest BCUT2D eigenvalue weighted by Gasteiger charge is 2.17. The number of imidazole rings is 1. The smallest absolute Gasteiger partial charge is 0.201 e. The monoisotopic (exact) mass is 277 g/mol. The number of hydrogen-bond acceptors (Lipinski definition) is 4. The molecule has 5 heteroatoms. The minimum absolute atomic E-state index is 0.612. The van der Waals surface area contributed by atoms with Gasteiger partial charge in [0.05, 0.1) is 18.1 Å². The van der Waals surface area contributed by atoms with E-state index >= 15 is 0 Å². The molecule has 1 aliphatic rings. The van der Waals surface area contributed by atoms with Crippen molar-refractivity contribution in [3.05, 3.63) is 18.2 Å². The first-order chi connectivity index (χ1) is 9.28. The molecular formula is C14H19N3OS. The first-order valence-corrected chi connectivity index (χ1v) is 7.81. The third-order valence-corrected chi connectivity index (χ3v) is 4.82. The summed E-state index contributed by atoms with van der Waals surface area (Å²) in [6.07, 6.45) is 2.54. The van der Waals surface area contributed by atoms with Gasteiger partial charge in [-0.3, -0.25) is 0 Å². The summed E-state index contributed by atoms with van der Waals surface area (Å²) in [5, 5.41) is 0. The van der Waals surface area contributed by atoms with Gasteiger partial charge in [-0.05, 0) is 42.4 Å². The number of nitrogens with two attached hydrogens (primary N) is 1. The van der Waals surface area contributed by atoms with Crippen molar-refractivity contribution in [1.29, 1.82) is 0 Å². The van der Waals surface area contributed by atoms with Crippen LogP contribution in [0, 0.1) is 5.92 Å². The van der Waals surface area contributed by atoms with Crippen LogP contribution in [0.5, 0.6) is 5.75 Å². The molecule has 4 nitrogen and oxygen atoms in total. The van der Waals surface area contributed by atoms with E-state index in [0.717, 1.165) is 23.3 Å². The minimum Gasteiger partial charge on any atom is -0.497 e. The third-order valence-electron chi connectivity index (χ3n) is 3.77. The predicted octanol–water partition coefficient (Wildman–Crippen LogP) is 2.77. The van der Waals surface area contributed by atoms with E-state index in [1.165, 1.54) is 24.3 Å². The van der Waals surface area contributed by atoms with Gasteiger partial charge in [-0.1, -0.05) is 0 Å². The van der Waals surface area contributed by atoms with Crippen molar-refractivity contribution < 1.29 is 4.74 Å². The van der Waals surface area contributed by atoms with E-state index in [4.69, 9.17) is 10.5 Å². The number of rotatable bonds is 3. The van der Waals surface area contributed by atoms with Crippen molar-refractivity contribution in [3.8, 4) is 5.75 Å². The van der Waals surface area contributed by atoms with E-state index < -0.39 is 0 Å². The van der Waals surface area contributed by atoms with Crippen LogP contribution in [0.15, 0.2) is 18.2 Å². The second-order valence-corrected chi connectivity index (χ2v) is 6.22. The van der Waals surface area contributed by atoms with E-state index in [-0.39, 0.29) is 0 Å². The molecule has 0 bridgehead atoms. The van der Waals surface area contributed by atoms with Gasteiger partial charge >= 0.3 is 0 Å². The molecule has 1 saturated heterocycles. The topological polar surface area (TPSA) is 53.1 Å². The van der Waals surface area contributed by atoms with Gasteiger partial charge in [-0.25, -0.2) is 4.98 Å². The zero-order valence-corrected chi connectivity index (χ0v) is 11.9. The van der Waals surface area contributed by atoms with Gasteiger partial charge in [0.2, 0.25) is 5.95 Å². The fourth-order valence-electron chi connectivity index (χ4n) is 2.63. The Morgan fingerprint density at radius 3 is 2.95 bits per heavy atom. The Bertz CT molecular complexity index is 575. The van der Waals surface area contributed by atoms with Crippen LogP contribution in [0.2, 0.25) is 0 Å². The number of aromatic nitrogens is 2. The van der Waals surface area contributed by atoms with Gasteiger partial charge in [0.1, 0.15) is 5.75 Å². The summed E-state index contributed by atoms with van der Waals surface area (Å²) in [5.41, 5.74) is 8.09. The van der Waals surface area contributed by atoms with E-state index in [1.807, 2.05) is 30.0 Å². The first kappa shape index (κ1) is 12.7. The lowest BCUT2D eigenvalue weighted by molar-refractivity contribution is 0.413. The summed E-state index contributed by atoms with van der Waals surface area (Å²) in [4.78, 5) is 4.43. The number of anilines is 1. The molecule has 0 saturated carbocycles. The lowest BCUT2D eigenvalue weighted by Gasteiger charge is -2.22. The zero-order chi connectivity index (χ0) is 13.2. The minimum atomic E-state index is 0.612. The van der Waals surface area contributed by atoms with Crippen LogP contribution in [0.25, 0.3) is 11.0 Å². The second-order valence-electron chi connectivity index (χ2n) is 4.99. The molecule has 1 aliphatic heterocycles. The normalized spacial score (nSPS) is 16.9. The number of nitrogen functional groups attached to an aromatic ring is 1. The van der Waals surface area contributed by atoms with Gasteiger partial charge < -0.3 is 15.0 Å². The number of benzene rings is 1. The number of fused-ring (bicyclic) bond motifs is 1. The maximum absolute atomic E-state index is 6.07. The number of ether oxygens (including phenoxy) is 1. The maximum atomic E-state index is 6.07. The predicted molar refractivity (Wildman–Crippen MR) is 80.7 cm³/mol. The quantitative estimate of drug-likeness (QED) is 0.937. The van der Waals surface area contributed by atoms with Crippen LogP contribution in [-0.2, 0) is 6.54 Å². The molecule has 2 heterocycles. The highest BCUT2D eigenvalue weighted by atomic mass is 32.2. The van der Waals surface area contributed by atoms with E-state index in [2.05, 4.69) is 9.55 Å². The Balaban J connectivity index is 1.94. The van der Waals surface area contributed by atoms with Crippen molar-refractivity contribution >= 4 is 28.7 Å². The molecule has 1 fully saturated rings. The van der Waals surface area contributed by atoms with Crippen LogP contribution in [0.4, 0.5) is 5.95 Å². The molecule has 0 spiro atoms. The van der Waals surface area contributed by atoms with Crippen molar-refractivity contribution in [2.24, 2.45) is 5.92 Å². The van der Waals surface area contributed by atoms with Crippen LogP contribution in [0.3, 0.4) is 0 Å². The zero-order valence-electron chi connectivity index (χ0n) is 11.1. The summed E-state index contributed by atoms with van der Waals surface area (Å²) >= 11 is 2.05. The van der Waals surface area contributed by atoms with Gasteiger partial charge in [-0.15, -0.1) is 0 Å². The Morgan fingerprint density at radius 1 is 1.42 bits per heavy atom. The van der Waals surface area contributed by atoms with Gasteiger partial charge in [-0.2, -0.15) is 11.8 Å².